The van der Waals surface area contributed by atoms with Crippen molar-refractivity contribution in [2.45, 2.75) is 26.9 Å². The van der Waals surface area contributed by atoms with Crippen LogP contribution in [0.15, 0.2) is 36.5 Å². The number of hydrogen-bond donors (Lipinski definition) is 1. The number of ketones is 1. The van der Waals surface area contributed by atoms with Crippen molar-refractivity contribution in [3.05, 3.63) is 47.8 Å². The van der Waals surface area contributed by atoms with Crippen molar-refractivity contribution >= 4 is 23.3 Å². The van der Waals surface area contributed by atoms with Crippen LogP contribution in [0.25, 0.3) is 0 Å². The number of ether oxygens (including phenoxy) is 2. The van der Waals surface area contributed by atoms with Gasteiger partial charge < -0.3 is 19.4 Å². The van der Waals surface area contributed by atoms with Gasteiger partial charge >= 0.3 is 5.97 Å². The number of anilines is 1. The fraction of sp³-hybridized carbons (Fsp3) is 0.316. The summed E-state index contributed by atoms with van der Waals surface area (Å²) in [5.41, 5.74) is 1.10. The number of esters is 1. The Hall–Kier alpha value is -3.09. The third kappa shape index (κ3) is 4.50. The van der Waals surface area contributed by atoms with E-state index in [1.165, 1.54) is 24.5 Å². The van der Waals surface area contributed by atoms with Crippen molar-refractivity contribution < 1.29 is 23.9 Å². The molecule has 0 aliphatic rings. The monoisotopic (exact) mass is 358 g/mol. The van der Waals surface area contributed by atoms with Crippen molar-refractivity contribution in [2.75, 3.05) is 11.9 Å². The average Bonchev–Trinajstić information content (AvgIpc) is 2.99. The van der Waals surface area contributed by atoms with E-state index in [2.05, 4.69) is 5.32 Å². The van der Waals surface area contributed by atoms with E-state index in [0.29, 0.717) is 23.6 Å². The normalized spacial score (nSPS) is 11.5. The molecule has 2 rings (SSSR count). The third-order valence-electron chi connectivity index (χ3n) is 3.72. The molecule has 0 spiro atoms. The van der Waals surface area contributed by atoms with Crippen LogP contribution in [0.2, 0.25) is 0 Å². The summed E-state index contributed by atoms with van der Waals surface area (Å²) in [6.45, 7) is 5.20. The van der Waals surface area contributed by atoms with Crippen LogP contribution in [0.3, 0.4) is 0 Å². The first-order chi connectivity index (χ1) is 12.3. The number of Topliss-reactive ketones (excluding diaryl/α,β-unsaturated/α-hetero) is 1. The lowest BCUT2D eigenvalue weighted by atomic mass is 10.2. The summed E-state index contributed by atoms with van der Waals surface area (Å²) in [6.07, 6.45) is 0.523. The van der Waals surface area contributed by atoms with Gasteiger partial charge in [0.05, 0.1) is 12.3 Å². The van der Waals surface area contributed by atoms with Crippen molar-refractivity contribution in [2.24, 2.45) is 7.05 Å². The molecule has 7 nitrogen and oxygen atoms in total. The van der Waals surface area contributed by atoms with Crippen LogP contribution >= 0.6 is 0 Å². The Kier molecular flexibility index (Phi) is 6.16. The lowest BCUT2D eigenvalue weighted by Crippen LogP contribution is -2.30. The van der Waals surface area contributed by atoms with Gasteiger partial charge in [0.15, 0.2) is 11.9 Å². The Labute approximate surface area is 151 Å². The van der Waals surface area contributed by atoms with Crippen LogP contribution in [0.4, 0.5) is 5.69 Å². The molecule has 0 bridgehead atoms. The predicted octanol–water partition coefficient (Wildman–Crippen LogP) is 2.81. The number of amides is 1. The van der Waals surface area contributed by atoms with Crippen molar-refractivity contribution in [1.82, 2.24) is 4.57 Å². The van der Waals surface area contributed by atoms with E-state index in [1.54, 1.807) is 37.5 Å². The number of carbonyl (C=O) groups is 3. The Morgan fingerprint density at radius 3 is 2.54 bits per heavy atom. The molecule has 0 aliphatic carbocycles. The van der Waals surface area contributed by atoms with Crippen LogP contribution in [0.1, 0.15) is 41.6 Å². The molecule has 1 amide bonds. The second-order valence-corrected chi connectivity index (χ2v) is 5.75. The fourth-order valence-corrected chi connectivity index (χ4v) is 2.32. The molecule has 1 N–H and O–H groups in total. The Bertz CT molecular complexity index is 825. The van der Waals surface area contributed by atoms with E-state index in [4.69, 9.17) is 9.47 Å². The van der Waals surface area contributed by atoms with E-state index in [0.717, 1.165) is 0 Å². The molecule has 138 valence electrons. The quantitative estimate of drug-likeness (QED) is 0.607. The van der Waals surface area contributed by atoms with E-state index in [9.17, 15) is 14.4 Å². The van der Waals surface area contributed by atoms with Gasteiger partial charge in [-0.2, -0.15) is 0 Å². The highest BCUT2D eigenvalue weighted by Gasteiger charge is 2.22. The first kappa shape index (κ1) is 19.2. The lowest BCUT2D eigenvalue weighted by Gasteiger charge is -2.15. The summed E-state index contributed by atoms with van der Waals surface area (Å²) < 4.78 is 12.2. The zero-order valence-electron chi connectivity index (χ0n) is 15.2. The number of nitrogens with one attached hydrogen (secondary N) is 1. The second kappa shape index (κ2) is 8.33. The SMILES string of the molecule is CCOc1ccccc1NC(=O)[C@@H](C)OC(=O)c1cc(C(C)=O)cn1C. The lowest BCUT2D eigenvalue weighted by molar-refractivity contribution is -0.123. The molecule has 0 saturated heterocycles. The Balaban J connectivity index is 2.05. The summed E-state index contributed by atoms with van der Waals surface area (Å²) in [7, 11) is 1.63. The summed E-state index contributed by atoms with van der Waals surface area (Å²) in [5, 5.41) is 2.69. The molecule has 1 heterocycles. The minimum absolute atomic E-state index is 0.155. The maximum atomic E-state index is 12.3. The summed E-state index contributed by atoms with van der Waals surface area (Å²) in [4.78, 5) is 36.0. The van der Waals surface area contributed by atoms with Gasteiger partial charge in [-0.1, -0.05) is 12.1 Å². The highest BCUT2D eigenvalue weighted by atomic mass is 16.5. The number of aromatic nitrogens is 1. The van der Waals surface area contributed by atoms with Gasteiger partial charge in [0.1, 0.15) is 11.4 Å². The highest BCUT2D eigenvalue weighted by molar-refractivity contribution is 6.00. The van der Waals surface area contributed by atoms with E-state index < -0.39 is 18.0 Å². The largest absolute Gasteiger partial charge is 0.492 e. The molecule has 0 unspecified atom stereocenters. The van der Waals surface area contributed by atoms with Gasteiger partial charge in [-0.15, -0.1) is 0 Å². The van der Waals surface area contributed by atoms with Gasteiger partial charge in [-0.05, 0) is 39.0 Å². The molecule has 2 aromatic rings. The maximum Gasteiger partial charge on any atom is 0.355 e. The van der Waals surface area contributed by atoms with Crippen LogP contribution in [-0.4, -0.2) is 34.9 Å². The highest BCUT2D eigenvalue weighted by Crippen LogP contribution is 2.24. The maximum absolute atomic E-state index is 12.3. The fourth-order valence-electron chi connectivity index (χ4n) is 2.32. The average molecular weight is 358 g/mol. The second-order valence-electron chi connectivity index (χ2n) is 5.75. The first-order valence-electron chi connectivity index (χ1n) is 8.24. The number of benzene rings is 1. The Morgan fingerprint density at radius 2 is 1.92 bits per heavy atom. The van der Waals surface area contributed by atoms with Crippen LogP contribution in [0, 0.1) is 0 Å². The molecule has 1 atom stereocenters. The van der Waals surface area contributed by atoms with E-state index in [1.807, 2.05) is 6.92 Å². The standard InChI is InChI=1S/C19H22N2O5/c1-5-25-17-9-7-6-8-15(17)20-18(23)13(3)26-19(24)16-10-14(12(2)22)11-21(16)4/h6-11,13H,5H2,1-4H3,(H,20,23)/t13-/m1/s1. The van der Waals surface area contributed by atoms with Crippen molar-refractivity contribution in [3.8, 4) is 5.75 Å². The number of nitrogens with zero attached hydrogens (tertiary/aromatic N) is 1. The number of rotatable bonds is 7. The summed E-state index contributed by atoms with van der Waals surface area (Å²) in [5.74, 6) is -0.777. The van der Waals surface area contributed by atoms with Crippen molar-refractivity contribution in [3.63, 3.8) is 0 Å². The van der Waals surface area contributed by atoms with Gasteiger partial charge in [0.2, 0.25) is 0 Å². The molecule has 7 heteroatoms. The number of para-hydroxylation sites is 2. The molecular weight excluding hydrogens is 336 g/mol. The van der Waals surface area contributed by atoms with Gasteiger partial charge in [-0.25, -0.2) is 4.79 Å². The summed E-state index contributed by atoms with van der Waals surface area (Å²) in [6, 6.07) is 8.45. The molecular formula is C19H22N2O5. The molecule has 0 radical (unpaired) electrons. The Morgan fingerprint density at radius 1 is 1.23 bits per heavy atom. The minimum atomic E-state index is -1.02. The number of aryl methyl sites for hydroxylation is 1. The zero-order chi connectivity index (χ0) is 19.3. The third-order valence-corrected chi connectivity index (χ3v) is 3.72. The van der Waals surface area contributed by atoms with Crippen LogP contribution in [-0.2, 0) is 16.6 Å². The number of hydrogen-bond acceptors (Lipinski definition) is 5. The van der Waals surface area contributed by atoms with Gasteiger partial charge in [0, 0.05) is 18.8 Å². The summed E-state index contributed by atoms with van der Waals surface area (Å²) >= 11 is 0. The molecule has 0 aliphatic heterocycles. The zero-order valence-corrected chi connectivity index (χ0v) is 15.2. The number of carbonyl (C=O) groups excluding carboxylic acids is 3. The topological polar surface area (TPSA) is 86.6 Å². The predicted molar refractivity (Wildman–Crippen MR) is 96.5 cm³/mol. The molecule has 1 aromatic carbocycles. The van der Waals surface area contributed by atoms with E-state index >= 15 is 0 Å². The molecule has 0 fully saturated rings. The molecule has 1 aromatic heterocycles. The smallest absolute Gasteiger partial charge is 0.355 e. The van der Waals surface area contributed by atoms with Gasteiger partial charge in [0.25, 0.3) is 5.91 Å². The van der Waals surface area contributed by atoms with Crippen LogP contribution in [0.5, 0.6) is 5.75 Å². The molecule has 26 heavy (non-hydrogen) atoms. The molecule has 0 saturated carbocycles. The van der Waals surface area contributed by atoms with Crippen LogP contribution < -0.4 is 10.1 Å². The first-order valence-corrected chi connectivity index (χ1v) is 8.24. The minimum Gasteiger partial charge on any atom is -0.492 e. The van der Waals surface area contributed by atoms with Gasteiger partial charge in [-0.3, -0.25) is 9.59 Å². The van der Waals surface area contributed by atoms with E-state index in [-0.39, 0.29) is 11.5 Å². The van der Waals surface area contributed by atoms with Crippen molar-refractivity contribution in [1.29, 1.82) is 0 Å².